The number of hydrogen-bond acceptors (Lipinski definition) is 4. The molecule has 0 saturated heterocycles. The molecule has 0 bridgehead atoms. The van der Waals surface area contributed by atoms with Crippen LogP contribution in [0, 0.1) is 0 Å². The van der Waals surface area contributed by atoms with Gasteiger partial charge in [-0.3, -0.25) is 0 Å². The Labute approximate surface area is 84.4 Å². The zero-order valence-corrected chi connectivity index (χ0v) is 9.00. The van der Waals surface area contributed by atoms with Gasteiger partial charge in [0.1, 0.15) is 12.9 Å². The van der Waals surface area contributed by atoms with Crippen LogP contribution in [0.5, 0.6) is 0 Å². The van der Waals surface area contributed by atoms with Gasteiger partial charge in [-0.25, -0.2) is 9.78 Å². The van der Waals surface area contributed by atoms with Crippen molar-refractivity contribution in [2.24, 2.45) is 0 Å². The van der Waals surface area contributed by atoms with Crippen LogP contribution in [0.3, 0.4) is 0 Å². The second kappa shape index (κ2) is 3.91. The zero-order valence-electron chi connectivity index (χ0n) is 7.41. The molecule has 1 aromatic heterocycles. The van der Waals surface area contributed by atoms with E-state index in [-0.39, 0.29) is 10.0 Å². The molecule has 0 saturated carbocycles. The molecular formula is C8H10BrNO3. The molecule has 0 aliphatic heterocycles. The molecule has 0 aliphatic carbocycles. The lowest BCUT2D eigenvalue weighted by molar-refractivity contribution is 0.0474. The Morgan fingerprint density at radius 1 is 1.77 bits per heavy atom. The van der Waals surface area contributed by atoms with Gasteiger partial charge in [0.2, 0.25) is 0 Å². The first-order valence-electron chi connectivity index (χ1n) is 3.73. The largest absolute Gasteiger partial charge is 0.459 e. The van der Waals surface area contributed by atoms with Crippen molar-refractivity contribution in [1.82, 2.24) is 4.98 Å². The Morgan fingerprint density at radius 3 is 2.92 bits per heavy atom. The third-order valence-electron chi connectivity index (χ3n) is 1.19. The number of rotatable bonds is 3. The predicted octanol–water partition coefficient (Wildman–Crippen LogP) is 2.00. The van der Waals surface area contributed by atoms with Gasteiger partial charge >= 0.3 is 5.97 Å². The summed E-state index contributed by atoms with van der Waals surface area (Å²) in [6.07, 6.45) is 2.44. The first kappa shape index (κ1) is 10.2. The Hall–Kier alpha value is -0.840. The first-order chi connectivity index (χ1) is 5.99. The van der Waals surface area contributed by atoms with Gasteiger partial charge in [0.05, 0.1) is 4.32 Å². The maximum atomic E-state index is 11.2. The molecule has 1 aromatic rings. The summed E-state index contributed by atoms with van der Waals surface area (Å²) >= 11 is 3.35. The van der Waals surface area contributed by atoms with Crippen molar-refractivity contribution in [3.8, 4) is 0 Å². The molecule has 1 heterocycles. The molecule has 1 rings (SSSR count). The van der Waals surface area contributed by atoms with Gasteiger partial charge in [-0.1, -0.05) is 15.9 Å². The highest BCUT2D eigenvalue weighted by Crippen LogP contribution is 2.16. The van der Waals surface area contributed by atoms with Crippen LogP contribution in [0.4, 0.5) is 0 Å². The molecule has 13 heavy (non-hydrogen) atoms. The standard InChI is InChI=1S/C8H10BrNO3/c1-8(2,9)4-13-7(11)6-3-12-5-10-6/h3,5H,4H2,1-2H3. The van der Waals surface area contributed by atoms with Crippen LogP contribution in [0.1, 0.15) is 24.3 Å². The van der Waals surface area contributed by atoms with Crippen LogP contribution in [0.2, 0.25) is 0 Å². The van der Waals surface area contributed by atoms with E-state index in [0.717, 1.165) is 0 Å². The summed E-state index contributed by atoms with van der Waals surface area (Å²) < 4.78 is 9.37. The number of ether oxygens (including phenoxy) is 1. The summed E-state index contributed by atoms with van der Waals surface area (Å²) in [6.45, 7) is 4.10. The molecule has 5 heteroatoms. The predicted molar refractivity (Wildman–Crippen MR) is 49.8 cm³/mol. The van der Waals surface area contributed by atoms with Gasteiger partial charge in [-0.05, 0) is 13.8 Å². The minimum atomic E-state index is -0.471. The molecular weight excluding hydrogens is 238 g/mol. The van der Waals surface area contributed by atoms with Crippen LogP contribution in [0.15, 0.2) is 17.1 Å². The van der Waals surface area contributed by atoms with Gasteiger partial charge in [0, 0.05) is 0 Å². The summed E-state index contributed by atoms with van der Waals surface area (Å²) in [7, 11) is 0. The minimum absolute atomic E-state index is 0.191. The fourth-order valence-electron chi connectivity index (χ4n) is 0.624. The smallest absolute Gasteiger partial charge is 0.360 e. The van der Waals surface area contributed by atoms with E-state index in [1.54, 1.807) is 0 Å². The van der Waals surface area contributed by atoms with Crippen LogP contribution in [-0.4, -0.2) is 21.9 Å². The van der Waals surface area contributed by atoms with Gasteiger partial charge in [0.15, 0.2) is 12.1 Å². The molecule has 0 spiro atoms. The van der Waals surface area contributed by atoms with E-state index in [0.29, 0.717) is 6.61 Å². The van der Waals surface area contributed by atoms with Crippen molar-refractivity contribution in [1.29, 1.82) is 0 Å². The van der Waals surface area contributed by atoms with E-state index in [1.165, 1.54) is 12.7 Å². The topological polar surface area (TPSA) is 52.3 Å². The quantitative estimate of drug-likeness (QED) is 0.606. The highest BCUT2D eigenvalue weighted by atomic mass is 79.9. The number of carbonyl (C=O) groups excluding carboxylic acids is 1. The number of esters is 1. The Kier molecular flexibility index (Phi) is 3.08. The third kappa shape index (κ3) is 3.59. The molecule has 0 radical (unpaired) electrons. The number of nitrogens with zero attached hydrogens (tertiary/aromatic N) is 1. The second-order valence-corrected chi connectivity index (χ2v) is 5.32. The molecule has 0 N–H and O–H groups in total. The van der Waals surface area contributed by atoms with Gasteiger partial charge in [-0.2, -0.15) is 0 Å². The summed E-state index contributed by atoms with van der Waals surface area (Å²) in [4.78, 5) is 14.8. The maximum absolute atomic E-state index is 11.2. The summed E-state index contributed by atoms with van der Waals surface area (Å²) in [5, 5.41) is 0. The lowest BCUT2D eigenvalue weighted by atomic mass is 10.2. The van der Waals surface area contributed by atoms with Crippen LogP contribution < -0.4 is 0 Å². The van der Waals surface area contributed by atoms with Gasteiger partial charge in [0.25, 0.3) is 0 Å². The first-order valence-corrected chi connectivity index (χ1v) is 4.52. The number of hydrogen-bond donors (Lipinski definition) is 0. The molecule has 4 nitrogen and oxygen atoms in total. The Balaban J connectivity index is 2.44. The summed E-state index contributed by atoms with van der Waals surface area (Å²) in [5.74, 6) is -0.471. The van der Waals surface area contributed by atoms with Crippen molar-refractivity contribution >= 4 is 21.9 Å². The lowest BCUT2D eigenvalue weighted by Gasteiger charge is -2.14. The fraction of sp³-hybridized carbons (Fsp3) is 0.500. The highest BCUT2D eigenvalue weighted by molar-refractivity contribution is 9.10. The van der Waals surface area contributed by atoms with Crippen molar-refractivity contribution in [3.05, 3.63) is 18.4 Å². The fourth-order valence-corrected chi connectivity index (χ4v) is 0.739. The second-order valence-electron chi connectivity index (χ2n) is 3.17. The van der Waals surface area contributed by atoms with E-state index in [9.17, 15) is 4.79 Å². The van der Waals surface area contributed by atoms with Crippen LogP contribution in [0.25, 0.3) is 0 Å². The molecule has 0 fully saturated rings. The molecule has 0 aromatic carbocycles. The summed E-state index contributed by atoms with van der Waals surface area (Å²) in [5.41, 5.74) is 0.191. The van der Waals surface area contributed by atoms with Crippen molar-refractivity contribution in [3.63, 3.8) is 0 Å². The van der Waals surface area contributed by atoms with E-state index in [2.05, 4.69) is 25.3 Å². The van der Waals surface area contributed by atoms with Gasteiger partial charge in [-0.15, -0.1) is 0 Å². The number of halogens is 1. The maximum Gasteiger partial charge on any atom is 0.360 e. The Morgan fingerprint density at radius 2 is 2.46 bits per heavy atom. The normalized spacial score (nSPS) is 11.3. The van der Waals surface area contributed by atoms with Gasteiger partial charge < -0.3 is 9.15 Å². The number of alkyl halides is 1. The van der Waals surface area contributed by atoms with E-state index < -0.39 is 5.97 Å². The van der Waals surface area contributed by atoms with Crippen molar-refractivity contribution in [2.45, 2.75) is 18.2 Å². The molecule has 72 valence electrons. The number of oxazole rings is 1. The lowest BCUT2D eigenvalue weighted by Crippen LogP contribution is -2.21. The van der Waals surface area contributed by atoms with E-state index in [4.69, 9.17) is 4.74 Å². The van der Waals surface area contributed by atoms with E-state index in [1.807, 2.05) is 13.8 Å². The average Bonchev–Trinajstić information content (AvgIpc) is 2.50. The third-order valence-corrected chi connectivity index (χ3v) is 1.42. The monoisotopic (exact) mass is 247 g/mol. The SMILES string of the molecule is CC(C)(Br)COC(=O)c1cocn1. The highest BCUT2D eigenvalue weighted by Gasteiger charge is 2.17. The Bertz CT molecular complexity index is 276. The van der Waals surface area contributed by atoms with Crippen molar-refractivity contribution in [2.75, 3.05) is 6.61 Å². The number of carbonyl (C=O) groups is 1. The van der Waals surface area contributed by atoms with Crippen LogP contribution >= 0.6 is 15.9 Å². The summed E-state index contributed by atoms with van der Waals surface area (Å²) in [6, 6.07) is 0. The number of aromatic nitrogens is 1. The molecule has 0 amide bonds. The molecule has 0 aliphatic rings. The van der Waals surface area contributed by atoms with Crippen molar-refractivity contribution < 1.29 is 13.9 Å². The zero-order chi connectivity index (χ0) is 9.90. The molecule has 0 atom stereocenters. The molecule has 0 unspecified atom stereocenters. The average molecular weight is 248 g/mol. The minimum Gasteiger partial charge on any atom is -0.459 e. The van der Waals surface area contributed by atoms with Crippen LogP contribution in [-0.2, 0) is 4.74 Å². The van der Waals surface area contributed by atoms with E-state index >= 15 is 0 Å².